The minimum atomic E-state index is -0.786. The Hall–Kier alpha value is -1.24. The SMILES string of the molecule is Cc1c(Br)cccc1-c1nc(C(C)(N)COC(C)C)no1. The van der Waals surface area contributed by atoms with Gasteiger partial charge in [-0.15, -0.1) is 0 Å². The summed E-state index contributed by atoms with van der Waals surface area (Å²) < 4.78 is 11.9. The molecule has 0 radical (unpaired) electrons. The van der Waals surface area contributed by atoms with Gasteiger partial charge in [-0.1, -0.05) is 27.2 Å². The van der Waals surface area contributed by atoms with Crippen molar-refractivity contribution in [3.8, 4) is 11.5 Å². The second kappa shape index (κ2) is 6.25. The van der Waals surface area contributed by atoms with E-state index in [4.69, 9.17) is 15.0 Å². The quantitative estimate of drug-likeness (QED) is 0.891. The first-order valence-corrected chi connectivity index (χ1v) is 7.60. The van der Waals surface area contributed by atoms with Gasteiger partial charge in [0, 0.05) is 10.0 Å². The molecule has 0 aliphatic rings. The van der Waals surface area contributed by atoms with E-state index >= 15 is 0 Å². The normalized spacial score (nSPS) is 14.4. The number of nitrogens with zero attached hydrogens (tertiary/aromatic N) is 2. The lowest BCUT2D eigenvalue weighted by Gasteiger charge is -2.21. The fourth-order valence-electron chi connectivity index (χ4n) is 1.81. The Labute approximate surface area is 133 Å². The van der Waals surface area contributed by atoms with E-state index in [9.17, 15) is 0 Å². The third kappa shape index (κ3) is 3.70. The minimum Gasteiger partial charge on any atom is -0.376 e. The van der Waals surface area contributed by atoms with Crippen molar-refractivity contribution in [3.05, 3.63) is 34.1 Å². The van der Waals surface area contributed by atoms with Gasteiger partial charge in [0.15, 0.2) is 5.82 Å². The zero-order valence-corrected chi connectivity index (χ0v) is 14.3. The van der Waals surface area contributed by atoms with E-state index in [2.05, 4.69) is 26.1 Å². The number of rotatable bonds is 5. The van der Waals surface area contributed by atoms with Crippen LogP contribution in [0.2, 0.25) is 0 Å². The topological polar surface area (TPSA) is 74.2 Å². The Bertz CT molecular complexity index is 623. The smallest absolute Gasteiger partial charge is 0.258 e. The number of hydrogen-bond acceptors (Lipinski definition) is 5. The zero-order chi connectivity index (χ0) is 15.6. The van der Waals surface area contributed by atoms with Crippen LogP contribution in [0.25, 0.3) is 11.5 Å². The van der Waals surface area contributed by atoms with Crippen LogP contribution < -0.4 is 5.73 Å². The molecule has 0 fully saturated rings. The maximum Gasteiger partial charge on any atom is 0.258 e. The molecule has 2 N–H and O–H groups in total. The molecule has 6 heteroatoms. The Morgan fingerprint density at radius 1 is 1.43 bits per heavy atom. The van der Waals surface area contributed by atoms with Gasteiger partial charge in [0.05, 0.1) is 12.7 Å². The zero-order valence-electron chi connectivity index (χ0n) is 12.7. The fraction of sp³-hybridized carbons (Fsp3) is 0.467. The molecule has 0 aliphatic carbocycles. The van der Waals surface area contributed by atoms with Crippen LogP contribution in [-0.2, 0) is 10.3 Å². The minimum absolute atomic E-state index is 0.103. The maximum absolute atomic E-state index is 6.23. The molecule has 2 rings (SSSR count). The van der Waals surface area contributed by atoms with Gasteiger partial charge in [0.1, 0.15) is 5.54 Å². The van der Waals surface area contributed by atoms with Crippen LogP contribution in [0.15, 0.2) is 27.2 Å². The molecule has 0 spiro atoms. The monoisotopic (exact) mass is 353 g/mol. The van der Waals surface area contributed by atoms with Crippen molar-refractivity contribution in [2.24, 2.45) is 5.73 Å². The standard InChI is InChI=1S/C15H20BrN3O2/c1-9(2)20-8-15(4,17)14-18-13(21-19-14)11-6-5-7-12(16)10(11)3/h5-7,9H,8,17H2,1-4H3. The third-order valence-corrected chi connectivity index (χ3v) is 4.01. The Kier molecular flexibility index (Phi) is 4.81. The Balaban J connectivity index is 2.27. The second-order valence-electron chi connectivity index (χ2n) is 5.61. The van der Waals surface area contributed by atoms with Crippen LogP contribution in [0.1, 0.15) is 32.2 Å². The van der Waals surface area contributed by atoms with Crippen molar-refractivity contribution in [1.82, 2.24) is 10.1 Å². The van der Waals surface area contributed by atoms with E-state index in [-0.39, 0.29) is 6.10 Å². The Morgan fingerprint density at radius 3 is 2.81 bits per heavy atom. The van der Waals surface area contributed by atoms with Gasteiger partial charge in [-0.25, -0.2) is 0 Å². The Morgan fingerprint density at radius 2 is 2.14 bits per heavy atom. The van der Waals surface area contributed by atoms with Gasteiger partial charge in [-0.05, 0) is 45.4 Å². The number of hydrogen-bond donors (Lipinski definition) is 1. The lowest BCUT2D eigenvalue weighted by atomic mass is 10.0. The average molecular weight is 354 g/mol. The van der Waals surface area contributed by atoms with E-state index in [0.717, 1.165) is 15.6 Å². The van der Waals surface area contributed by atoms with Crippen LogP contribution in [0.3, 0.4) is 0 Å². The molecule has 1 aromatic carbocycles. The van der Waals surface area contributed by atoms with Crippen LogP contribution in [0, 0.1) is 6.92 Å². The lowest BCUT2D eigenvalue weighted by molar-refractivity contribution is 0.0410. The summed E-state index contributed by atoms with van der Waals surface area (Å²) in [6.45, 7) is 8.08. The molecule has 21 heavy (non-hydrogen) atoms. The van der Waals surface area contributed by atoms with Crippen LogP contribution in [-0.4, -0.2) is 22.9 Å². The number of ether oxygens (including phenoxy) is 1. The first-order chi connectivity index (χ1) is 9.81. The number of benzene rings is 1. The molecular formula is C15H20BrN3O2. The van der Waals surface area contributed by atoms with E-state index in [1.165, 1.54) is 0 Å². The molecule has 0 saturated heterocycles. The summed E-state index contributed by atoms with van der Waals surface area (Å²) in [6, 6.07) is 5.84. The molecule has 1 atom stereocenters. The van der Waals surface area contributed by atoms with E-state index in [1.807, 2.05) is 45.9 Å². The van der Waals surface area contributed by atoms with Gasteiger partial charge < -0.3 is 15.0 Å². The highest BCUT2D eigenvalue weighted by Gasteiger charge is 2.29. The van der Waals surface area contributed by atoms with Crippen molar-refractivity contribution in [3.63, 3.8) is 0 Å². The number of nitrogens with two attached hydrogens (primary N) is 1. The van der Waals surface area contributed by atoms with Gasteiger partial charge in [0.2, 0.25) is 0 Å². The van der Waals surface area contributed by atoms with Crippen molar-refractivity contribution >= 4 is 15.9 Å². The molecule has 5 nitrogen and oxygen atoms in total. The molecule has 0 saturated carbocycles. The van der Waals surface area contributed by atoms with Crippen LogP contribution in [0.5, 0.6) is 0 Å². The summed E-state index contributed by atoms with van der Waals surface area (Å²) in [6.07, 6.45) is 0.103. The first kappa shape index (κ1) is 16.1. The molecule has 0 bridgehead atoms. The van der Waals surface area contributed by atoms with E-state index < -0.39 is 5.54 Å². The van der Waals surface area contributed by atoms with Gasteiger partial charge in [-0.3, -0.25) is 0 Å². The predicted molar refractivity (Wildman–Crippen MR) is 84.8 cm³/mol. The highest BCUT2D eigenvalue weighted by molar-refractivity contribution is 9.10. The molecule has 0 aliphatic heterocycles. The van der Waals surface area contributed by atoms with Gasteiger partial charge in [-0.2, -0.15) is 4.98 Å². The number of aromatic nitrogens is 2. The molecule has 2 aromatic rings. The van der Waals surface area contributed by atoms with Crippen molar-refractivity contribution in [1.29, 1.82) is 0 Å². The van der Waals surface area contributed by atoms with Crippen LogP contribution in [0.4, 0.5) is 0 Å². The summed E-state index contributed by atoms with van der Waals surface area (Å²) in [5.41, 5.74) is 7.38. The summed E-state index contributed by atoms with van der Waals surface area (Å²) in [5.74, 6) is 0.905. The van der Waals surface area contributed by atoms with Gasteiger partial charge in [0.25, 0.3) is 5.89 Å². The lowest BCUT2D eigenvalue weighted by Crippen LogP contribution is -2.40. The third-order valence-electron chi connectivity index (χ3n) is 3.15. The van der Waals surface area contributed by atoms with Crippen LogP contribution >= 0.6 is 15.9 Å². The fourth-order valence-corrected chi connectivity index (χ4v) is 2.17. The molecule has 0 amide bonds. The van der Waals surface area contributed by atoms with Crippen molar-refractivity contribution < 1.29 is 9.26 Å². The molecular weight excluding hydrogens is 334 g/mol. The van der Waals surface area contributed by atoms with E-state index in [0.29, 0.717) is 18.3 Å². The number of halogens is 1. The highest BCUT2D eigenvalue weighted by Crippen LogP contribution is 2.28. The first-order valence-electron chi connectivity index (χ1n) is 6.81. The van der Waals surface area contributed by atoms with Crippen molar-refractivity contribution in [2.75, 3.05) is 6.61 Å². The summed E-state index contributed by atoms with van der Waals surface area (Å²) in [7, 11) is 0. The summed E-state index contributed by atoms with van der Waals surface area (Å²) in [4.78, 5) is 4.43. The average Bonchev–Trinajstić information content (AvgIpc) is 2.90. The predicted octanol–water partition coefficient (Wildman–Crippen LogP) is 3.41. The van der Waals surface area contributed by atoms with Crippen molar-refractivity contribution in [2.45, 2.75) is 39.3 Å². The summed E-state index contributed by atoms with van der Waals surface area (Å²) >= 11 is 3.50. The molecule has 114 valence electrons. The van der Waals surface area contributed by atoms with E-state index in [1.54, 1.807) is 0 Å². The largest absolute Gasteiger partial charge is 0.376 e. The molecule has 1 aromatic heterocycles. The molecule has 1 heterocycles. The molecule has 1 unspecified atom stereocenters. The highest BCUT2D eigenvalue weighted by atomic mass is 79.9. The maximum atomic E-state index is 6.23. The van der Waals surface area contributed by atoms with Gasteiger partial charge >= 0.3 is 0 Å². The second-order valence-corrected chi connectivity index (χ2v) is 6.47. The summed E-state index contributed by atoms with van der Waals surface area (Å²) in [5, 5.41) is 4.01.